The van der Waals surface area contributed by atoms with Crippen LogP contribution in [-0.2, 0) is 12.8 Å². The summed E-state index contributed by atoms with van der Waals surface area (Å²) in [5.74, 6) is 1.24. The molecule has 3 nitrogen and oxygen atoms in total. The summed E-state index contributed by atoms with van der Waals surface area (Å²) >= 11 is 0. The highest BCUT2D eigenvalue weighted by Crippen LogP contribution is 2.35. The number of benzene rings is 1. The number of aryl methyl sites for hydroxylation is 2. The topological polar surface area (TPSA) is 59.0 Å². The number of hydrogen-bond donors (Lipinski definition) is 1. The predicted molar refractivity (Wildman–Crippen MR) is 78.5 cm³/mol. The molecule has 2 atom stereocenters. The SMILES string of the molecule is N#CC1(N)CCCC1CCOc1ccc2c(c1)CCC2. The first-order valence-corrected chi connectivity index (χ1v) is 7.66. The van der Waals surface area contributed by atoms with Crippen molar-refractivity contribution in [1.82, 2.24) is 0 Å². The summed E-state index contributed by atoms with van der Waals surface area (Å²) in [6.07, 6.45) is 7.46. The van der Waals surface area contributed by atoms with Crippen molar-refractivity contribution in [1.29, 1.82) is 5.26 Å². The van der Waals surface area contributed by atoms with Crippen LogP contribution >= 0.6 is 0 Å². The van der Waals surface area contributed by atoms with Crippen molar-refractivity contribution in [3.63, 3.8) is 0 Å². The fraction of sp³-hybridized carbons (Fsp3) is 0.588. The van der Waals surface area contributed by atoms with Crippen molar-refractivity contribution in [2.75, 3.05) is 6.61 Å². The van der Waals surface area contributed by atoms with Crippen molar-refractivity contribution in [3.8, 4) is 11.8 Å². The lowest BCUT2D eigenvalue weighted by molar-refractivity contribution is 0.254. The summed E-state index contributed by atoms with van der Waals surface area (Å²) in [4.78, 5) is 0. The van der Waals surface area contributed by atoms with E-state index in [-0.39, 0.29) is 5.92 Å². The number of hydrogen-bond acceptors (Lipinski definition) is 3. The van der Waals surface area contributed by atoms with Crippen LogP contribution in [0.4, 0.5) is 0 Å². The van der Waals surface area contributed by atoms with E-state index in [9.17, 15) is 5.26 Å². The van der Waals surface area contributed by atoms with E-state index in [1.807, 2.05) is 0 Å². The number of fused-ring (bicyclic) bond motifs is 1. The first-order valence-electron chi connectivity index (χ1n) is 7.66. The molecule has 1 fully saturated rings. The molecule has 1 aromatic rings. The van der Waals surface area contributed by atoms with Gasteiger partial charge in [-0.1, -0.05) is 12.5 Å². The molecule has 2 aliphatic carbocycles. The van der Waals surface area contributed by atoms with Gasteiger partial charge in [-0.25, -0.2) is 0 Å². The van der Waals surface area contributed by atoms with Crippen molar-refractivity contribution in [3.05, 3.63) is 29.3 Å². The van der Waals surface area contributed by atoms with Gasteiger partial charge < -0.3 is 10.5 Å². The molecule has 0 spiro atoms. The average molecular weight is 270 g/mol. The number of nitriles is 1. The third-order valence-electron chi connectivity index (χ3n) is 4.88. The highest BCUT2D eigenvalue weighted by Gasteiger charge is 2.39. The Bertz CT molecular complexity index is 534. The zero-order chi connectivity index (χ0) is 14.0. The van der Waals surface area contributed by atoms with Crippen molar-refractivity contribution >= 4 is 0 Å². The highest BCUT2D eigenvalue weighted by atomic mass is 16.5. The smallest absolute Gasteiger partial charge is 0.119 e. The Morgan fingerprint density at radius 2 is 2.15 bits per heavy atom. The largest absolute Gasteiger partial charge is 0.494 e. The summed E-state index contributed by atoms with van der Waals surface area (Å²) in [7, 11) is 0. The van der Waals surface area contributed by atoms with Gasteiger partial charge in [-0.2, -0.15) is 5.26 Å². The molecule has 3 rings (SSSR count). The number of rotatable bonds is 4. The molecular formula is C17H22N2O. The first kappa shape index (κ1) is 13.5. The van der Waals surface area contributed by atoms with E-state index in [4.69, 9.17) is 10.5 Å². The molecule has 1 saturated carbocycles. The van der Waals surface area contributed by atoms with E-state index >= 15 is 0 Å². The molecule has 0 bridgehead atoms. The van der Waals surface area contributed by atoms with Gasteiger partial charge >= 0.3 is 0 Å². The monoisotopic (exact) mass is 270 g/mol. The Balaban J connectivity index is 1.54. The van der Waals surface area contributed by atoms with Gasteiger partial charge in [0.1, 0.15) is 11.3 Å². The fourth-order valence-corrected chi connectivity index (χ4v) is 3.61. The van der Waals surface area contributed by atoms with E-state index < -0.39 is 5.54 Å². The average Bonchev–Trinajstić information content (AvgIpc) is 3.06. The van der Waals surface area contributed by atoms with Crippen molar-refractivity contribution < 1.29 is 4.74 Å². The second kappa shape index (κ2) is 5.46. The molecule has 20 heavy (non-hydrogen) atoms. The molecule has 2 unspecified atom stereocenters. The van der Waals surface area contributed by atoms with Crippen LogP contribution < -0.4 is 10.5 Å². The minimum atomic E-state index is -0.624. The van der Waals surface area contributed by atoms with Gasteiger partial charge in [0.15, 0.2) is 0 Å². The van der Waals surface area contributed by atoms with Crippen LogP contribution in [0.1, 0.15) is 43.2 Å². The maximum absolute atomic E-state index is 9.20. The first-order chi connectivity index (χ1) is 9.71. The van der Waals surface area contributed by atoms with Gasteiger partial charge in [0.05, 0.1) is 12.7 Å². The zero-order valence-corrected chi connectivity index (χ0v) is 11.9. The Kier molecular flexibility index (Phi) is 3.67. The molecule has 2 aliphatic rings. The Labute approximate surface area is 120 Å². The fourth-order valence-electron chi connectivity index (χ4n) is 3.61. The lowest BCUT2D eigenvalue weighted by Gasteiger charge is -2.23. The summed E-state index contributed by atoms with van der Waals surface area (Å²) in [5, 5.41) is 9.20. The van der Waals surface area contributed by atoms with E-state index in [2.05, 4.69) is 24.3 Å². The summed E-state index contributed by atoms with van der Waals surface area (Å²) in [6, 6.07) is 8.73. The quantitative estimate of drug-likeness (QED) is 0.915. The van der Waals surface area contributed by atoms with Crippen LogP contribution in [0.2, 0.25) is 0 Å². The zero-order valence-electron chi connectivity index (χ0n) is 11.9. The Morgan fingerprint density at radius 3 is 3.00 bits per heavy atom. The van der Waals surface area contributed by atoms with Gasteiger partial charge in [0, 0.05) is 0 Å². The van der Waals surface area contributed by atoms with E-state index in [1.165, 1.54) is 30.4 Å². The van der Waals surface area contributed by atoms with Crippen molar-refractivity contribution in [2.45, 2.75) is 50.5 Å². The molecule has 0 amide bonds. The second-order valence-electron chi connectivity index (χ2n) is 6.16. The minimum absolute atomic E-state index is 0.280. The van der Waals surface area contributed by atoms with Crippen LogP contribution in [0.15, 0.2) is 18.2 Å². The molecule has 1 aromatic carbocycles. The van der Waals surface area contributed by atoms with Gasteiger partial charge in [0.2, 0.25) is 0 Å². The summed E-state index contributed by atoms with van der Waals surface area (Å²) in [5.41, 5.74) is 8.42. The third-order valence-corrected chi connectivity index (χ3v) is 4.88. The number of ether oxygens (including phenoxy) is 1. The summed E-state index contributed by atoms with van der Waals surface area (Å²) < 4.78 is 5.87. The van der Waals surface area contributed by atoms with Gasteiger partial charge in [0.25, 0.3) is 0 Å². The summed E-state index contributed by atoms with van der Waals surface area (Å²) in [6.45, 7) is 0.657. The van der Waals surface area contributed by atoms with Gasteiger partial charge in [-0.3, -0.25) is 0 Å². The van der Waals surface area contributed by atoms with Crippen LogP contribution in [0.3, 0.4) is 0 Å². The molecule has 0 radical (unpaired) electrons. The molecule has 106 valence electrons. The molecule has 2 N–H and O–H groups in total. The van der Waals surface area contributed by atoms with Crippen LogP contribution in [0.5, 0.6) is 5.75 Å². The molecule has 3 heteroatoms. The second-order valence-corrected chi connectivity index (χ2v) is 6.16. The Hall–Kier alpha value is -1.53. The van der Waals surface area contributed by atoms with Crippen LogP contribution in [0.25, 0.3) is 0 Å². The number of nitrogens with zero attached hydrogens (tertiary/aromatic N) is 1. The maximum atomic E-state index is 9.20. The van der Waals surface area contributed by atoms with E-state index in [0.29, 0.717) is 6.61 Å². The molecule has 0 aliphatic heterocycles. The Morgan fingerprint density at radius 1 is 1.30 bits per heavy atom. The molecule has 0 saturated heterocycles. The van der Waals surface area contributed by atoms with Crippen LogP contribution in [0, 0.1) is 17.2 Å². The highest BCUT2D eigenvalue weighted by molar-refractivity contribution is 5.38. The third kappa shape index (κ3) is 2.53. The lowest BCUT2D eigenvalue weighted by Crippen LogP contribution is -2.42. The standard InChI is InChI=1S/C17H22N2O/c18-12-17(19)9-2-5-15(17)8-10-20-16-7-6-13-3-1-4-14(13)11-16/h6-7,11,15H,1-5,8-10,19H2. The molecule has 0 aromatic heterocycles. The molecular weight excluding hydrogens is 248 g/mol. The van der Waals surface area contributed by atoms with E-state index in [0.717, 1.165) is 31.4 Å². The maximum Gasteiger partial charge on any atom is 0.119 e. The normalized spacial score (nSPS) is 28.1. The molecule has 0 heterocycles. The van der Waals surface area contributed by atoms with Gasteiger partial charge in [-0.15, -0.1) is 0 Å². The lowest BCUT2D eigenvalue weighted by atomic mass is 9.87. The minimum Gasteiger partial charge on any atom is -0.494 e. The van der Waals surface area contributed by atoms with Crippen LogP contribution in [-0.4, -0.2) is 12.1 Å². The predicted octanol–water partition coefficient (Wildman–Crippen LogP) is 2.97. The van der Waals surface area contributed by atoms with Gasteiger partial charge in [-0.05, 0) is 67.7 Å². The number of nitrogens with two attached hydrogens (primary N) is 1. The van der Waals surface area contributed by atoms with E-state index in [1.54, 1.807) is 0 Å². The van der Waals surface area contributed by atoms with Crippen molar-refractivity contribution in [2.24, 2.45) is 11.7 Å².